The average molecular weight is 538 g/mol. The highest BCUT2D eigenvalue weighted by atomic mass is 31.2. The number of ether oxygens (including phenoxy) is 3. The van der Waals surface area contributed by atoms with Gasteiger partial charge in [0.2, 0.25) is 0 Å². The predicted molar refractivity (Wildman–Crippen MR) is 144 cm³/mol. The second-order valence-electron chi connectivity index (χ2n) is 7.99. The Morgan fingerprint density at radius 2 is 1.76 bits per heavy atom. The third-order valence-electron chi connectivity index (χ3n) is 5.17. The Kier molecular flexibility index (Phi) is 11.6. The summed E-state index contributed by atoms with van der Waals surface area (Å²) in [5, 5.41) is 0.635. The lowest BCUT2D eigenvalue weighted by molar-refractivity contribution is 0.199. The molecular weight excluding hydrogens is 500 g/mol. The molecule has 3 rings (SSSR count). The summed E-state index contributed by atoms with van der Waals surface area (Å²) in [6.07, 6.45) is 2.43. The zero-order valence-corrected chi connectivity index (χ0v) is 21.9. The molecule has 0 radical (unpaired) electrons. The summed E-state index contributed by atoms with van der Waals surface area (Å²) < 4.78 is 55.0. The summed E-state index contributed by atoms with van der Waals surface area (Å²) in [5.74, 6) is 0.911. The summed E-state index contributed by atoms with van der Waals surface area (Å²) in [4.78, 5) is 6.26. The van der Waals surface area contributed by atoms with Gasteiger partial charge in [-0.25, -0.2) is 4.39 Å². The molecule has 0 amide bonds. The first-order chi connectivity index (χ1) is 17.3. The molecule has 0 atom stereocenters. The molecule has 3 aromatic rings. The number of nitrogen functional groups attached to an aromatic ring is 1. The highest BCUT2D eigenvalue weighted by Gasteiger charge is 2.25. The van der Waals surface area contributed by atoms with Crippen LogP contribution in [0.5, 0.6) is 23.0 Å². The molecular formula is C26H37FN3O6P. The summed E-state index contributed by atoms with van der Waals surface area (Å²) in [5.41, 5.74) is 6.55. The number of methoxy groups -OCH3 is 1. The summed E-state index contributed by atoms with van der Waals surface area (Å²) in [7, 11) is 0.248. The lowest BCUT2D eigenvalue weighted by Crippen LogP contribution is -2.24. The van der Waals surface area contributed by atoms with E-state index in [1.54, 1.807) is 51.4 Å². The molecule has 0 bridgehead atoms. The van der Waals surface area contributed by atoms with Crippen LogP contribution in [-0.2, 0) is 13.6 Å². The van der Waals surface area contributed by atoms with Crippen LogP contribution < -0.4 is 19.9 Å². The number of hydrogen-bond acceptors (Lipinski definition) is 9. The molecule has 0 saturated carbocycles. The molecule has 204 valence electrons. The molecule has 37 heavy (non-hydrogen) atoms. The van der Waals surface area contributed by atoms with E-state index in [0.717, 1.165) is 0 Å². The van der Waals surface area contributed by atoms with Crippen molar-refractivity contribution in [2.24, 2.45) is 0 Å². The maximum Gasteiger partial charge on any atom is 0.344 e. The number of halogens is 1. The van der Waals surface area contributed by atoms with Gasteiger partial charge in [0.15, 0.2) is 23.1 Å². The van der Waals surface area contributed by atoms with Crippen molar-refractivity contribution >= 4 is 24.2 Å². The Hall–Kier alpha value is -2.91. The van der Waals surface area contributed by atoms with Gasteiger partial charge in [0.25, 0.3) is 0 Å². The first kappa shape index (κ1) is 30.3. The van der Waals surface area contributed by atoms with Gasteiger partial charge in [0, 0.05) is 35.9 Å². The van der Waals surface area contributed by atoms with Crippen molar-refractivity contribution in [1.29, 1.82) is 0 Å². The zero-order valence-electron chi connectivity index (χ0n) is 21.0. The summed E-state index contributed by atoms with van der Waals surface area (Å²) in [6, 6.07) is 9.40. The highest BCUT2D eigenvalue weighted by molar-refractivity contribution is 7.53. The number of rotatable bonds is 14. The lowest BCUT2D eigenvalue weighted by atomic mass is 10.1. The SMILES string of the molecule is C.CCOP(=O)(CN(C)CCCOc1cc2c(Oc3ccc(N)cc3F)ccnc2cc1OC)OCC. The summed E-state index contributed by atoms with van der Waals surface area (Å²) >= 11 is 0. The highest BCUT2D eigenvalue weighted by Crippen LogP contribution is 2.48. The van der Waals surface area contributed by atoms with Crippen molar-refractivity contribution < 1.29 is 32.2 Å². The van der Waals surface area contributed by atoms with E-state index in [9.17, 15) is 8.96 Å². The normalized spacial score (nSPS) is 11.4. The minimum Gasteiger partial charge on any atom is -0.493 e. The maximum absolute atomic E-state index is 14.3. The van der Waals surface area contributed by atoms with Crippen molar-refractivity contribution in [2.45, 2.75) is 27.7 Å². The molecule has 0 unspecified atom stereocenters. The molecule has 0 spiro atoms. The fourth-order valence-corrected chi connectivity index (χ4v) is 5.36. The molecule has 2 aromatic carbocycles. The monoisotopic (exact) mass is 537 g/mol. The van der Waals surface area contributed by atoms with Crippen molar-refractivity contribution in [3.8, 4) is 23.0 Å². The topological polar surface area (TPSA) is 105 Å². The van der Waals surface area contributed by atoms with Crippen LogP contribution in [0.25, 0.3) is 10.9 Å². The van der Waals surface area contributed by atoms with Crippen LogP contribution in [0.3, 0.4) is 0 Å². The van der Waals surface area contributed by atoms with Crippen molar-refractivity contribution in [3.05, 3.63) is 48.4 Å². The largest absolute Gasteiger partial charge is 0.493 e. The van der Waals surface area contributed by atoms with E-state index in [0.29, 0.717) is 66.6 Å². The van der Waals surface area contributed by atoms with Gasteiger partial charge >= 0.3 is 7.60 Å². The molecule has 1 heterocycles. The van der Waals surface area contributed by atoms with Crippen molar-refractivity contribution in [1.82, 2.24) is 9.88 Å². The smallest absolute Gasteiger partial charge is 0.344 e. The molecule has 0 aliphatic carbocycles. The number of benzene rings is 2. The molecule has 0 aliphatic heterocycles. The van der Waals surface area contributed by atoms with Crippen LogP contribution >= 0.6 is 7.60 Å². The van der Waals surface area contributed by atoms with Crippen LogP contribution in [0.2, 0.25) is 0 Å². The van der Waals surface area contributed by atoms with Crippen LogP contribution in [-0.4, -0.2) is 56.7 Å². The Morgan fingerprint density at radius 3 is 2.41 bits per heavy atom. The van der Waals surface area contributed by atoms with Crippen LogP contribution in [0, 0.1) is 5.82 Å². The van der Waals surface area contributed by atoms with E-state index in [2.05, 4.69) is 4.98 Å². The van der Waals surface area contributed by atoms with E-state index in [-0.39, 0.29) is 19.5 Å². The molecule has 0 fully saturated rings. The minimum absolute atomic E-state index is 0. The fraction of sp³-hybridized carbons (Fsp3) is 0.423. The molecule has 9 nitrogen and oxygen atoms in total. The van der Waals surface area contributed by atoms with Gasteiger partial charge in [0.1, 0.15) is 12.0 Å². The molecule has 0 aliphatic rings. The van der Waals surface area contributed by atoms with Crippen molar-refractivity contribution in [2.75, 3.05) is 52.5 Å². The van der Waals surface area contributed by atoms with Gasteiger partial charge in [-0.2, -0.15) is 0 Å². The van der Waals surface area contributed by atoms with Gasteiger partial charge < -0.3 is 29.0 Å². The number of hydrogen-bond donors (Lipinski definition) is 1. The first-order valence-electron chi connectivity index (χ1n) is 11.7. The van der Waals surface area contributed by atoms with E-state index < -0.39 is 13.4 Å². The number of pyridine rings is 1. The van der Waals surface area contributed by atoms with Crippen molar-refractivity contribution in [3.63, 3.8) is 0 Å². The standard InChI is InChI=1S/C25H33FN3O6P.CH4/c1-5-33-36(30,34-6-2)17-29(3)12-7-13-32-25-15-19-21(16-24(25)31-4)28-11-10-22(19)35-23-9-8-18(27)14-20(23)26;/h8-11,14-16H,5-7,12-13,17,27H2,1-4H3;1H4. The van der Waals surface area contributed by atoms with E-state index in [1.165, 1.54) is 12.1 Å². The molecule has 2 N–H and O–H groups in total. The van der Waals surface area contributed by atoms with Crippen LogP contribution in [0.4, 0.5) is 10.1 Å². The van der Waals surface area contributed by atoms with E-state index >= 15 is 0 Å². The number of nitrogens with two attached hydrogens (primary N) is 1. The van der Waals surface area contributed by atoms with Gasteiger partial charge in [-0.05, 0) is 51.6 Å². The first-order valence-corrected chi connectivity index (χ1v) is 13.4. The van der Waals surface area contributed by atoms with E-state index in [1.807, 2.05) is 11.9 Å². The molecule has 0 saturated heterocycles. The quantitative estimate of drug-likeness (QED) is 0.144. The Morgan fingerprint density at radius 1 is 1.03 bits per heavy atom. The van der Waals surface area contributed by atoms with Gasteiger partial charge in [0.05, 0.1) is 32.4 Å². The molecule has 1 aromatic heterocycles. The van der Waals surface area contributed by atoms with Crippen LogP contribution in [0.15, 0.2) is 42.6 Å². The number of anilines is 1. The number of aromatic nitrogens is 1. The Bertz CT molecular complexity index is 1200. The summed E-state index contributed by atoms with van der Waals surface area (Å²) in [6.45, 7) is 5.21. The third kappa shape index (κ3) is 8.30. The predicted octanol–water partition coefficient (Wildman–Crippen LogP) is 6.32. The Balaban J connectivity index is 0.00000481. The number of fused-ring (bicyclic) bond motifs is 1. The minimum atomic E-state index is -3.15. The second-order valence-corrected chi connectivity index (χ2v) is 10.0. The van der Waals surface area contributed by atoms with Gasteiger partial charge in [-0.15, -0.1) is 0 Å². The molecule has 11 heteroatoms. The van der Waals surface area contributed by atoms with E-state index in [4.69, 9.17) is 29.0 Å². The average Bonchev–Trinajstić information content (AvgIpc) is 2.83. The maximum atomic E-state index is 14.3. The van der Waals surface area contributed by atoms with Crippen LogP contribution in [0.1, 0.15) is 27.7 Å². The lowest BCUT2D eigenvalue weighted by Gasteiger charge is -2.23. The van der Waals surface area contributed by atoms with Gasteiger partial charge in [-0.1, -0.05) is 7.43 Å². The fourth-order valence-electron chi connectivity index (χ4n) is 3.60. The number of nitrogens with zero attached hydrogens (tertiary/aromatic N) is 2. The Labute approximate surface area is 218 Å². The second kappa shape index (κ2) is 14.1. The van der Waals surface area contributed by atoms with Gasteiger partial charge in [-0.3, -0.25) is 14.4 Å². The zero-order chi connectivity index (χ0) is 26.1. The third-order valence-corrected chi connectivity index (χ3v) is 7.30.